The van der Waals surface area contributed by atoms with Gasteiger partial charge in [0.25, 0.3) is 5.91 Å². The van der Waals surface area contributed by atoms with Gasteiger partial charge in [-0.15, -0.1) is 0 Å². The summed E-state index contributed by atoms with van der Waals surface area (Å²) in [5.74, 6) is 0.262. The van der Waals surface area contributed by atoms with Gasteiger partial charge in [0.1, 0.15) is 5.75 Å². The minimum Gasteiger partial charge on any atom is -0.477 e. The molecule has 0 aromatic heterocycles. The van der Waals surface area contributed by atoms with Crippen LogP contribution in [-0.2, 0) is 9.59 Å². The molecule has 0 fully saturated rings. The molecule has 2 rings (SSSR count). The second-order valence-corrected chi connectivity index (χ2v) is 4.78. The van der Waals surface area contributed by atoms with Crippen molar-refractivity contribution in [1.29, 1.82) is 0 Å². The number of hydrogen-bond acceptors (Lipinski definition) is 4. The van der Waals surface area contributed by atoms with Gasteiger partial charge in [0.15, 0.2) is 6.10 Å². The zero-order chi connectivity index (χ0) is 13.1. The van der Waals surface area contributed by atoms with Gasteiger partial charge in [-0.2, -0.15) is 11.8 Å². The van der Waals surface area contributed by atoms with Crippen molar-refractivity contribution in [2.45, 2.75) is 6.10 Å². The predicted octanol–water partition coefficient (Wildman–Crippen LogP) is 0.629. The molecule has 2 N–H and O–H groups in total. The van der Waals surface area contributed by atoms with Crippen molar-refractivity contribution in [3.8, 4) is 5.75 Å². The SMILES string of the molecule is CSCC(=O)N1CC(C(N)=O)Oc2ccccc21. The molecule has 0 bridgehead atoms. The van der Waals surface area contributed by atoms with E-state index in [0.29, 0.717) is 17.2 Å². The molecule has 6 heteroatoms. The lowest BCUT2D eigenvalue weighted by Gasteiger charge is -2.33. The summed E-state index contributed by atoms with van der Waals surface area (Å²) in [5.41, 5.74) is 5.94. The average molecular weight is 266 g/mol. The highest BCUT2D eigenvalue weighted by Crippen LogP contribution is 2.33. The zero-order valence-electron chi connectivity index (χ0n) is 9.96. The maximum Gasteiger partial charge on any atom is 0.260 e. The van der Waals surface area contributed by atoms with E-state index >= 15 is 0 Å². The number of nitrogens with zero attached hydrogens (tertiary/aromatic N) is 1. The van der Waals surface area contributed by atoms with Gasteiger partial charge in [-0.3, -0.25) is 9.59 Å². The Kier molecular flexibility index (Phi) is 3.76. The number of benzene rings is 1. The summed E-state index contributed by atoms with van der Waals surface area (Å²) in [6.45, 7) is 0.172. The van der Waals surface area contributed by atoms with E-state index in [2.05, 4.69) is 0 Å². The minimum absolute atomic E-state index is 0.0514. The smallest absolute Gasteiger partial charge is 0.260 e. The molecule has 0 saturated carbocycles. The topological polar surface area (TPSA) is 72.6 Å². The van der Waals surface area contributed by atoms with Crippen molar-refractivity contribution in [1.82, 2.24) is 0 Å². The number of hydrogen-bond donors (Lipinski definition) is 1. The summed E-state index contributed by atoms with van der Waals surface area (Å²) in [5, 5.41) is 0. The molecule has 1 atom stereocenters. The Morgan fingerprint density at radius 1 is 1.50 bits per heavy atom. The van der Waals surface area contributed by atoms with Crippen LogP contribution in [0.5, 0.6) is 5.75 Å². The number of rotatable bonds is 3. The number of anilines is 1. The predicted molar refractivity (Wildman–Crippen MR) is 70.8 cm³/mol. The highest BCUT2D eigenvalue weighted by molar-refractivity contribution is 7.99. The molecule has 96 valence electrons. The Morgan fingerprint density at radius 2 is 2.22 bits per heavy atom. The molecular weight excluding hydrogens is 252 g/mol. The first-order valence-corrected chi connectivity index (χ1v) is 6.87. The Bertz CT molecular complexity index is 478. The average Bonchev–Trinajstić information content (AvgIpc) is 2.37. The Morgan fingerprint density at radius 3 is 2.89 bits per heavy atom. The summed E-state index contributed by atoms with van der Waals surface area (Å²) in [6, 6.07) is 7.14. The van der Waals surface area contributed by atoms with Gasteiger partial charge >= 0.3 is 0 Å². The van der Waals surface area contributed by atoms with Crippen molar-refractivity contribution in [2.24, 2.45) is 5.73 Å². The molecule has 2 amide bonds. The first kappa shape index (κ1) is 12.8. The molecule has 1 aromatic carbocycles. The normalized spacial score (nSPS) is 17.8. The van der Waals surface area contributed by atoms with Crippen LogP contribution in [0.25, 0.3) is 0 Å². The van der Waals surface area contributed by atoms with Crippen molar-refractivity contribution >= 4 is 29.3 Å². The fraction of sp³-hybridized carbons (Fsp3) is 0.333. The fourth-order valence-corrected chi connectivity index (χ4v) is 2.22. The largest absolute Gasteiger partial charge is 0.477 e. The number of ether oxygens (including phenoxy) is 1. The van der Waals surface area contributed by atoms with E-state index in [-0.39, 0.29) is 12.5 Å². The van der Waals surface area contributed by atoms with Crippen LogP contribution < -0.4 is 15.4 Å². The first-order chi connectivity index (χ1) is 8.63. The van der Waals surface area contributed by atoms with Crippen molar-refractivity contribution in [3.63, 3.8) is 0 Å². The van der Waals surface area contributed by atoms with Crippen LogP contribution in [0.1, 0.15) is 0 Å². The Labute approximate surface area is 109 Å². The number of primary amides is 1. The summed E-state index contributed by atoms with van der Waals surface area (Å²) >= 11 is 1.44. The Balaban J connectivity index is 2.33. The van der Waals surface area contributed by atoms with Gasteiger partial charge in [-0.1, -0.05) is 12.1 Å². The van der Waals surface area contributed by atoms with E-state index in [1.54, 1.807) is 23.1 Å². The molecule has 18 heavy (non-hydrogen) atoms. The van der Waals surface area contributed by atoms with E-state index < -0.39 is 12.0 Å². The number of carbonyl (C=O) groups excluding carboxylic acids is 2. The van der Waals surface area contributed by atoms with E-state index in [0.717, 1.165) is 0 Å². The zero-order valence-corrected chi connectivity index (χ0v) is 10.8. The number of fused-ring (bicyclic) bond motifs is 1. The quantitative estimate of drug-likeness (QED) is 0.871. The third-order valence-corrected chi connectivity index (χ3v) is 3.20. The van der Waals surface area contributed by atoms with E-state index in [1.807, 2.05) is 12.3 Å². The van der Waals surface area contributed by atoms with E-state index in [1.165, 1.54) is 11.8 Å². The first-order valence-electron chi connectivity index (χ1n) is 5.47. The molecule has 1 aromatic rings. The van der Waals surface area contributed by atoms with Crippen LogP contribution in [-0.4, -0.2) is 36.5 Å². The summed E-state index contributed by atoms with van der Waals surface area (Å²) < 4.78 is 5.48. The second kappa shape index (κ2) is 5.30. The third-order valence-electron chi connectivity index (χ3n) is 2.66. The number of carbonyl (C=O) groups is 2. The van der Waals surface area contributed by atoms with Crippen LogP contribution in [0.4, 0.5) is 5.69 Å². The van der Waals surface area contributed by atoms with Crippen LogP contribution in [0.2, 0.25) is 0 Å². The van der Waals surface area contributed by atoms with Gasteiger partial charge in [0, 0.05) is 0 Å². The lowest BCUT2D eigenvalue weighted by Crippen LogP contribution is -2.49. The van der Waals surface area contributed by atoms with Crippen LogP contribution in [0.3, 0.4) is 0 Å². The van der Waals surface area contributed by atoms with Crippen molar-refractivity contribution in [3.05, 3.63) is 24.3 Å². The number of thioether (sulfide) groups is 1. The van der Waals surface area contributed by atoms with E-state index in [9.17, 15) is 9.59 Å². The van der Waals surface area contributed by atoms with Gasteiger partial charge in [0.05, 0.1) is 18.0 Å². The van der Waals surface area contributed by atoms with Gasteiger partial charge < -0.3 is 15.4 Å². The molecule has 5 nitrogen and oxygen atoms in total. The third kappa shape index (κ3) is 2.43. The van der Waals surface area contributed by atoms with Crippen LogP contribution in [0.15, 0.2) is 24.3 Å². The molecule has 0 radical (unpaired) electrons. The van der Waals surface area contributed by atoms with Crippen molar-refractivity contribution in [2.75, 3.05) is 23.5 Å². The molecule has 0 saturated heterocycles. The molecular formula is C12H14N2O3S. The summed E-state index contributed by atoms with van der Waals surface area (Å²) in [6.07, 6.45) is 1.07. The Hall–Kier alpha value is -1.69. The molecule has 1 unspecified atom stereocenters. The van der Waals surface area contributed by atoms with Crippen molar-refractivity contribution < 1.29 is 14.3 Å². The lowest BCUT2D eigenvalue weighted by atomic mass is 10.2. The molecule has 1 aliphatic rings. The number of para-hydroxylation sites is 2. The summed E-state index contributed by atoms with van der Waals surface area (Å²) in [4.78, 5) is 24.8. The molecule has 1 aliphatic heterocycles. The highest BCUT2D eigenvalue weighted by Gasteiger charge is 2.32. The molecule has 1 heterocycles. The maximum absolute atomic E-state index is 12.0. The fourth-order valence-electron chi connectivity index (χ4n) is 1.82. The van der Waals surface area contributed by atoms with Crippen LogP contribution >= 0.6 is 11.8 Å². The molecule has 0 aliphatic carbocycles. The maximum atomic E-state index is 12.0. The second-order valence-electron chi connectivity index (χ2n) is 3.91. The summed E-state index contributed by atoms with van der Waals surface area (Å²) in [7, 11) is 0. The number of nitrogens with two attached hydrogens (primary N) is 1. The van der Waals surface area contributed by atoms with Gasteiger partial charge in [0.2, 0.25) is 5.91 Å². The monoisotopic (exact) mass is 266 g/mol. The minimum atomic E-state index is -0.786. The highest BCUT2D eigenvalue weighted by atomic mass is 32.2. The van der Waals surface area contributed by atoms with Crippen LogP contribution in [0, 0.1) is 0 Å². The molecule has 0 spiro atoms. The standard InChI is InChI=1S/C12H14N2O3S/c1-18-7-11(15)14-6-10(12(13)16)17-9-5-3-2-4-8(9)14/h2-5,10H,6-7H2,1H3,(H2,13,16). The number of amides is 2. The van der Waals surface area contributed by atoms with E-state index in [4.69, 9.17) is 10.5 Å². The van der Waals surface area contributed by atoms with Gasteiger partial charge in [-0.25, -0.2) is 0 Å². The van der Waals surface area contributed by atoms with Gasteiger partial charge in [-0.05, 0) is 18.4 Å². The lowest BCUT2D eigenvalue weighted by molar-refractivity contribution is -0.125.